The zero-order valence-corrected chi connectivity index (χ0v) is 14.1. The molecule has 0 N–H and O–H groups in total. The number of fused-ring (bicyclic) bond motifs is 1. The van der Waals surface area contributed by atoms with Crippen molar-refractivity contribution in [2.45, 2.75) is 4.90 Å². The van der Waals surface area contributed by atoms with E-state index in [0.717, 1.165) is 0 Å². The number of halogens is 2. The quantitative estimate of drug-likeness (QED) is 0.613. The summed E-state index contributed by atoms with van der Waals surface area (Å²) in [5.74, 6) is -0.546. The monoisotopic (exact) mass is 420 g/mol. The Hall–Kier alpha value is -1.25. The van der Waals surface area contributed by atoms with E-state index in [-0.39, 0.29) is 27.4 Å². The summed E-state index contributed by atoms with van der Waals surface area (Å²) in [5.41, 5.74) is 0.208. The molecule has 0 aliphatic carbocycles. The zero-order chi connectivity index (χ0) is 13.9. The van der Waals surface area contributed by atoms with Crippen LogP contribution in [0.4, 0.5) is 0 Å². The molecule has 0 radical (unpaired) electrons. The fraction of sp³-hybridized carbons (Fsp3) is 0. The number of pyridine rings is 1. The highest BCUT2D eigenvalue weighted by atomic mass is 79.9. The van der Waals surface area contributed by atoms with Crippen LogP contribution >= 0.6 is 33.1 Å². The number of aromatic nitrogens is 1. The molecule has 1 aromatic heterocycles. The van der Waals surface area contributed by atoms with E-state index < -0.39 is 15.9 Å². The molecule has 0 unspecified atom stereocenters. The van der Waals surface area contributed by atoms with Gasteiger partial charge in [0.15, 0.2) is 0 Å². The van der Waals surface area contributed by atoms with E-state index in [9.17, 15) is 13.2 Å². The van der Waals surface area contributed by atoms with Crippen molar-refractivity contribution in [3.05, 3.63) is 60.4 Å². The summed E-state index contributed by atoms with van der Waals surface area (Å²) in [4.78, 5) is 15.1. The minimum Gasteiger partial charge on any atom is -0.267 e. The van der Waals surface area contributed by atoms with Crippen LogP contribution in [0.25, 0.3) is 0 Å². The van der Waals surface area contributed by atoms with Gasteiger partial charge in [-0.05, 0) is 24.3 Å². The van der Waals surface area contributed by atoms with Crippen LogP contribution in [0.5, 0.6) is 0 Å². The van der Waals surface area contributed by atoms with E-state index in [1.54, 1.807) is 24.5 Å². The van der Waals surface area contributed by atoms with Crippen LogP contribution in [-0.2, 0) is 10.0 Å². The minimum absolute atomic E-state index is 0. The summed E-state index contributed by atoms with van der Waals surface area (Å²) in [6, 6.07) is 11.8. The van der Waals surface area contributed by atoms with E-state index in [1.807, 2.05) is 18.2 Å². The van der Waals surface area contributed by atoms with Crippen LogP contribution in [0, 0.1) is 0 Å². The summed E-state index contributed by atoms with van der Waals surface area (Å²) in [7, 11) is -3.63. The molecule has 20 heavy (non-hydrogen) atoms. The Morgan fingerprint density at radius 2 is 1.60 bits per heavy atom. The molecule has 0 saturated heterocycles. The Bertz CT molecular complexity index is 666. The van der Waals surface area contributed by atoms with Gasteiger partial charge in [0.05, 0.1) is 21.7 Å². The van der Waals surface area contributed by atoms with Gasteiger partial charge in [-0.3, -0.25) is 9.78 Å². The zero-order valence-electron chi connectivity index (χ0n) is 10.0. The Morgan fingerprint density at radius 1 is 1.00 bits per heavy atom. The smallest absolute Gasteiger partial charge is 0.267 e. The summed E-state index contributed by atoms with van der Waals surface area (Å²) < 4.78 is 23.5. The number of carbonyl (C=O) groups excluding carboxylic acids is 1. The average Bonchev–Trinajstić information content (AvgIpc) is 2.64. The number of benzene rings is 1. The number of nitrogens with zero attached hydrogens (tertiary/aromatic N) is 2. The summed E-state index contributed by atoms with van der Waals surface area (Å²) in [6.45, 7) is 0. The fourth-order valence-corrected chi connectivity index (χ4v) is 3.30. The van der Waals surface area contributed by atoms with Gasteiger partial charge in [0, 0.05) is 12.4 Å². The van der Waals surface area contributed by atoms with Gasteiger partial charge in [0.1, 0.15) is 4.90 Å². The molecular formula is C12H10Br2N2O3S. The number of sulfonamides is 1. The molecule has 1 aliphatic rings. The van der Waals surface area contributed by atoms with Gasteiger partial charge in [-0.25, -0.2) is 8.42 Å². The summed E-state index contributed by atoms with van der Waals surface area (Å²) in [6.07, 6.45) is 3.50. The summed E-state index contributed by atoms with van der Waals surface area (Å²) >= 11 is 2.70. The first-order valence-electron chi connectivity index (χ1n) is 5.24. The predicted molar refractivity (Wildman–Crippen MR) is 83.3 cm³/mol. The highest BCUT2D eigenvalue weighted by Crippen LogP contribution is 2.31. The average molecular weight is 422 g/mol. The Kier molecular flexibility index (Phi) is 5.85. The molecule has 3 rings (SSSR count). The molecule has 0 fully saturated rings. The Balaban J connectivity index is 0.000000243. The van der Waals surface area contributed by atoms with Crippen molar-refractivity contribution >= 4 is 49.1 Å². The van der Waals surface area contributed by atoms with Crippen LogP contribution in [0.15, 0.2) is 59.8 Å². The van der Waals surface area contributed by atoms with Crippen LogP contribution in [-0.4, -0.2) is 22.6 Å². The van der Waals surface area contributed by atoms with Gasteiger partial charge in [-0.15, -0.1) is 17.0 Å². The maximum absolute atomic E-state index is 11.5. The standard InChI is InChI=1S/C7H4BrNO3S.C5H5N.BrH/c8-9-7(10)5-3-1-2-4-6(5)13(9,11)12;1-2-4-6-5-3-1;/h1-4H;1-5H;1H. The number of hydrogen-bond donors (Lipinski definition) is 0. The van der Waals surface area contributed by atoms with Gasteiger partial charge < -0.3 is 0 Å². The molecule has 2 aromatic rings. The van der Waals surface area contributed by atoms with E-state index in [1.165, 1.54) is 12.1 Å². The van der Waals surface area contributed by atoms with E-state index >= 15 is 0 Å². The van der Waals surface area contributed by atoms with E-state index in [2.05, 4.69) is 21.1 Å². The lowest BCUT2D eigenvalue weighted by atomic mass is 10.2. The van der Waals surface area contributed by atoms with E-state index in [0.29, 0.717) is 3.33 Å². The first kappa shape index (κ1) is 16.8. The lowest BCUT2D eigenvalue weighted by Gasteiger charge is -2.01. The van der Waals surface area contributed by atoms with Crippen LogP contribution in [0.2, 0.25) is 0 Å². The Labute approximate surface area is 135 Å². The van der Waals surface area contributed by atoms with Crippen LogP contribution < -0.4 is 0 Å². The van der Waals surface area contributed by atoms with Crippen LogP contribution in [0.3, 0.4) is 0 Å². The fourth-order valence-electron chi connectivity index (χ4n) is 1.47. The second kappa shape index (κ2) is 6.96. The van der Waals surface area contributed by atoms with Crippen molar-refractivity contribution in [2.24, 2.45) is 0 Å². The van der Waals surface area contributed by atoms with Crippen molar-refractivity contribution in [2.75, 3.05) is 0 Å². The molecule has 0 spiro atoms. The Morgan fingerprint density at radius 3 is 2.05 bits per heavy atom. The second-order valence-electron chi connectivity index (χ2n) is 3.55. The third-order valence-electron chi connectivity index (χ3n) is 2.33. The number of carbonyl (C=O) groups is 1. The molecule has 8 heteroatoms. The maximum Gasteiger partial charge on any atom is 0.279 e. The lowest BCUT2D eigenvalue weighted by molar-refractivity contribution is 0.0938. The second-order valence-corrected chi connectivity index (χ2v) is 6.48. The third kappa shape index (κ3) is 3.25. The van der Waals surface area contributed by atoms with E-state index in [4.69, 9.17) is 0 Å². The maximum atomic E-state index is 11.5. The summed E-state index contributed by atoms with van der Waals surface area (Å²) in [5, 5.41) is 0. The van der Waals surface area contributed by atoms with Gasteiger partial charge in [0.2, 0.25) is 0 Å². The third-order valence-corrected chi connectivity index (χ3v) is 5.30. The molecule has 1 aromatic carbocycles. The van der Waals surface area contributed by atoms with Crippen molar-refractivity contribution < 1.29 is 13.2 Å². The first-order valence-corrected chi connectivity index (χ1v) is 7.39. The lowest BCUT2D eigenvalue weighted by Crippen LogP contribution is -2.18. The molecule has 106 valence electrons. The SMILES string of the molecule is Br.O=C1c2ccccc2S(=O)(=O)N1Br.c1ccncc1. The normalized spacial score (nSPS) is 14.7. The molecule has 0 bridgehead atoms. The molecule has 2 heterocycles. The molecule has 0 saturated carbocycles. The first-order chi connectivity index (χ1) is 9.05. The number of amides is 1. The van der Waals surface area contributed by atoms with Crippen LogP contribution in [0.1, 0.15) is 10.4 Å². The number of rotatable bonds is 0. The highest BCUT2D eigenvalue weighted by Gasteiger charge is 2.39. The van der Waals surface area contributed by atoms with Crippen molar-refractivity contribution in [3.63, 3.8) is 0 Å². The molecule has 5 nitrogen and oxygen atoms in total. The predicted octanol–water partition coefficient (Wildman–Crippen LogP) is 2.80. The van der Waals surface area contributed by atoms with Crippen molar-refractivity contribution in [1.29, 1.82) is 0 Å². The molecule has 1 aliphatic heterocycles. The molecule has 1 amide bonds. The largest absolute Gasteiger partial charge is 0.279 e. The van der Waals surface area contributed by atoms with Crippen molar-refractivity contribution in [3.8, 4) is 0 Å². The van der Waals surface area contributed by atoms with Gasteiger partial charge in [-0.1, -0.05) is 18.2 Å². The van der Waals surface area contributed by atoms with Gasteiger partial charge >= 0.3 is 0 Å². The highest BCUT2D eigenvalue weighted by molar-refractivity contribution is 9.09. The van der Waals surface area contributed by atoms with Gasteiger partial charge in [-0.2, -0.15) is 3.33 Å². The minimum atomic E-state index is -3.63. The molecular weight excluding hydrogens is 412 g/mol. The van der Waals surface area contributed by atoms with Gasteiger partial charge in [0.25, 0.3) is 15.9 Å². The van der Waals surface area contributed by atoms with Crippen molar-refractivity contribution in [1.82, 2.24) is 8.32 Å². The molecule has 0 atom stereocenters. The topological polar surface area (TPSA) is 67.3 Å². The number of hydrogen-bond acceptors (Lipinski definition) is 4.